The number of fused-ring (bicyclic) bond motifs is 6. The van der Waals surface area contributed by atoms with Crippen LogP contribution >= 0.6 is 11.8 Å². The maximum atomic E-state index is 2.70. The summed E-state index contributed by atoms with van der Waals surface area (Å²) in [6.45, 7) is 14.7. The zero-order valence-corrected chi connectivity index (χ0v) is 36.6. The van der Waals surface area contributed by atoms with Gasteiger partial charge in [0.1, 0.15) is 0 Å². The molecule has 59 heavy (non-hydrogen) atoms. The van der Waals surface area contributed by atoms with Crippen LogP contribution in [0.1, 0.15) is 120 Å². The van der Waals surface area contributed by atoms with Crippen LogP contribution in [-0.2, 0) is 21.7 Å². The summed E-state index contributed by atoms with van der Waals surface area (Å²) in [5.41, 5.74) is 18.6. The predicted octanol–water partition coefficient (Wildman–Crippen LogP) is 15.7. The van der Waals surface area contributed by atoms with E-state index in [-0.39, 0.29) is 21.7 Å². The molecule has 0 radical (unpaired) electrons. The van der Waals surface area contributed by atoms with Crippen molar-refractivity contribution in [3.05, 3.63) is 161 Å². The highest BCUT2D eigenvalue weighted by Crippen LogP contribution is 2.69. The van der Waals surface area contributed by atoms with Crippen molar-refractivity contribution in [1.82, 2.24) is 0 Å². The van der Waals surface area contributed by atoms with Crippen molar-refractivity contribution in [2.24, 2.45) is 23.7 Å². The van der Waals surface area contributed by atoms with Crippen LogP contribution < -0.4 is 4.90 Å². The first kappa shape index (κ1) is 36.3. The van der Waals surface area contributed by atoms with Gasteiger partial charge in [-0.3, -0.25) is 0 Å². The topological polar surface area (TPSA) is 3.24 Å². The molecule has 1 nitrogen and oxygen atoms in total. The van der Waals surface area contributed by atoms with Gasteiger partial charge in [0.05, 0.1) is 0 Å². The van der Waals surface area contributed by atoms with Gasteiger partial charge in [0.2, 0.25) is 0 Å². The van der Waals surface area contributed by atoms with E-state index in [1.807, 2.05) is 11.8 Å². The zero-order valence-electron chi connectivity index (χ0n) is 35.7. The average molecular weight is 788 g/mol. The fourth-order valence-electron chi connectivity index (χ4n) is 13.9. The molecule has 2 heteroatoms. The Kier molecular flexibility index (Phi) is 7.70. The van der Waals surface area contributed by atoms with E-state index in [0.29, 0.717) is 11.8 Å². The van der Waals surface area contributed by atoms with Crippen LogP contribution in [0.25, 0.3) is 22.3 Å². The maximum absolute atomic E-state index is 2.70. The third-order valence-electron chi connectivity index (χ3n) is 16.8. The lowest BCUT2D eigenvalue weighted by Crippen LogP contribution is -2.57. The molecule has 0 amide bonds. The Hall–Kier alpha value is -4.53. The van der Waals surface area contributed by atoms with Crippen LogP contribution in [0.3, 0.4) is 0 Å². The summed E-state index contributed by atoms with van der Waals surface area (Å²) in [5.74, 6) is 3.14. The largest absolute Gasteiger partial charge is 0.310 e. The Bertz CT molecular complexity index is 2670. The molecule has 4 saturated carbocycles. The zero-order chi connectivity index (χ0) is 40.1. The van der Waals surface area contributed by atoms with Crippen molar-refractivity contribution in [3.8, 4) is 22.3 Å². The number of hydrogen-bond acceptors (Lipinski definition) is 2. The van der Waals surface area contributed by atoms with E-state index in [2.05, 4.69) is 174 Å². The summed E-state index contributed by atoms with van der Waals surface area (Å²) >= 11 is 2.03. The molecule has 296 valence electrons. The molecule has 7 aliphatic rings. The number of anilines is 3. The Labute approximate surface area is 356 Å². The molecule has 13 rings (SSSR count). The van der Waals surface area contributed by atoms with Crippen molar-refractivity contribution in [2.45, 2.75) is 118 Å². The van der Waals surface area contributed by atoms with Gasteiger partial charge in [-0.1, -0.05) is 126 Å². The molecule has 1 heterocycles. The Balaban J connectivity index is 1.08. The van der Waals surface area contributed by atoms with Crippen LogP contribution in [0.4, 0.5) is 17.1 Å². The van der Waals surface area contributed by atoms with Gasteiger partial charge in [0.25, 0.3) is 0 Å². The summed E-state index contributed by atoms with van der Waals surface area (Å²) in [5, 5.41) is 0. The lowest BCUT2D eigenvalue weighted by Gasteiger charge is -2.63. The van der Waals surface area contributed by atoms with Crippen molar-refractivity contribution in [3.63, 3.8) is 0 Å². The molecule has 0 N–H and O–H groups in total. The average Bonchev–Trinajstić information content (AvgIpc) is 3.46. The van der Waals surface area contributed by atoms with E-state index in [1.54, 1.807) is 11.1 Å². The van der Waals surface area contributed by atoms with E-state index in [0.717, 1.165) is 11.8 Å². The molecule has 4 fully saturated rings. The molecular formula is C57H57NS. The van der Waals surface area contributed by atoms with E-state index in [9.17, 15) is 0 Å². The monoisotopic (exact) mass is 787 g/mol. The van der Waals surface area contributed by atoms with Gasteiger partial charge < -0.3 is 4.90 Å². The highest BCUT2D eigenvalue weighted by Gasteiger charge is 2.61. The van der Waals surface area contributed by atoms with Crippen LogP contribution in [-0.4, -0.2) is 0 Å². The first-order valence-corrected chi connectivity index (χ1v) is 23.5. The SMILES string of the molecule is CC1(C)CCC(C)(C)c2cc(N(c3ccc4c(c3)C(C)(C)c3ccccc3-4)c3ccc4c(c3)C3(c5cc(-c6ccccc6)ccc5S4)C4CC5CC(C4)CC3C5)ccc21. The van der Waals surface area contributed by atoms with Gasteiger partial charge in [0, 0.05) is 37.7 Å². The Morgan fingerprint density at radius 3 is 1.69 bits per heavy atom. The van der Waals surface area contributed by atoms with Gasteiger partial charge >= 0.3 is 0 Å². The van der Waals surface area contributed by atoms with Gasteiger partial charge in [-0.2, -0.15) is 0 Å². The molecular weight excluding hydrogens is 731 g/mol. The Morgan fingerprint density at radius 1 is 0.441 bits per heavy atom. The maximum Gasteiger partial charge on any atom is 0.0465 e. The third kappa shape index (κ3) is 5.17. The van der Waals surface area contributed by atoms with Gasteiger partial charge in [0.15, 0.2) is 0 Å². The lowest BCUT2D eigenvalue weighted by molar-refractivity contribution is -0.0443. The van der Waals surface area contributed by atoms with Crippen LogP contribution in [0, 0.1) is 23.7 Å². The summed E-state index contributed by atoms with van der Waals surface area (Å²) in [7, 11) is 0. The number of hydrogen-bond donors (Lipinski definition) is 0. The molecule has 1 aliphatic heterocycles. The van der Waals surface area contributed by atoms with Crippen LogP contribution in [0.15, 0.2) is 137 Å². The smallest absolute Gasteiger partial charge is 0.0465 e. The van der Waals surface area contributed by atoms with Crippen molar-refractivity contribution < 1.29 is 0 Å². The molecule has 0 aromatic heterocycles. The predicted molar refractivity (Wildman–Crippen MR) is 248 cm³/mol. The molecule has 6 aliphatic carbocycles. The van der Waals surface area contributed by atoms with E-state index >= 15 is 0 Å². The number of rotatable bonds is 4. The van der Waals surface area contributed by atoms with E-state index < -0.39 is 0 Å². The second-order valence-electron chi connectivity index (χ2n) is 21.3. The second-order valence-corrected chi connectivity index (χ2v) is 22.4. The molecule has 4 bridgehead atoms. The normalized spacial score (nSPS) is 26.7. The summed E-state index contributed by atoms with van der Waals surface area (Å²) in [6, 6.07) is 50.3. The number of benzene rings is 6. The summed E-state index contributed by atoms with van der Waals surface area (Å²) in [4.78, 5) is 5.59. The van der Waals surface area contributed by atoms with E-state index in [4.69, 9.17) is 0 Å². The van der Waals surface area contributed by atoms with Gasteiger partial charge in [-0.05, 0) is 190 Å². The molecule has 1 spiro atoms. The summed E-state index contributed by atoms with van der Waals surface area (Å²) < 4.78 is 0. The fraction of sp³-hybridized carbons (Fsp3) is 0.368. The highest BCUT2D eigenvalue weighted by molar-refractivity contribution is 7.99. The summed E-state index contributed by atoms with van der Waals surface area (Å²) in [6.07, 6.45) is 9.37. The second kappa shape index (κ2) is 12.5. The first-order valence-electron chi connectivity index (χ1n) is 22.6. The molecule has 0 unspecified atom stereocenters. The minimum atomic E-state index is -0.0768. The molecule has 0 saturated heterocycles. The molecule has 6 aromatic rings. The number of nitrogens with zero attached hydrogens (tertiary/aromatic N) is 1. The van der Waals surface area contributed by atoms with Gasteiger partial charge in [-0.15, -0.1) is 0 Å². The van der Waals surface area contributed by atoms with Gasteiger partial charge in [-0.25, -0.2) is 0 Å². The minimum Gasteiger partial charge on any atom is -0.310 e. The van der Waals surface area contributed by atoms with Crippen molar-refractivity contribution in [1.29, 1.82) is 0 Å². The first-order chi connectivity index (χ1) is 28.4. The minimum absolute atomic E-state index is 0.0270. The van der Waals surface area contributed by atoms with Crippen LogP contribution in [0.2, 0.25) is 0 Å². The lowest BCUT2D eigenvalue weighted by atomic mass is 9.42. The molecule has 6 aromatic carbocycles. The van der Waals surface area contributed by atoms with E-state index in [1.165, 1.54) is 116 Å². The van der Waals surface area contributed by atoms with Crippen LogP contribution in [0.5, 0.6) is 0 Å². The molecule has 0 atom stereocenters. The fourth-order valence-corrected chi connectivity index (χ4v) is 15.1. The Morgan fingerprint density at radius 2 is 0.983 bits per heavy atom. The third-order valence-corrected chi connectivity index (χ3v) is 17.9. The van der Waals surface area contributed by atoms with Crippen molar-refractivity contribution >= 4 is 28.8 Å². The standard InChI is InChI=1S/C57H57NS/c1-54(2)24-25-55(3,4)49-33-42(18-21-47(49)54)58(41-17-20-45-44-14-10-11-15-46(44)56(5,6)48(45)32-41)43-19-23-53-51(34-43)57(39-27-35-26-36(29-39)30-40(57)28-35)50-31-38(16-22-52(50)59-53)37-12-8-7-9-13-37/h7-23,31-36,39-40H,24-30H2,1-6H3. The quantitative estimate of drug-likeness (QED) is 0.175. The van der Waals surface area contributed by atoms with Crippen molar-refractivity contribution in [2.75, 3.05) is 4.90 Å². The highest BCUT2D eigenvalue weighted by atomic mass is 32.2.